The van der Waals surface area contributed by atoms with Gasteiger partial charge in [-0.2, -0.15) is 18.3 Å². The first-order chi connectivity index (χ1) is 15.7. The van der Waals surface area contributed by atoms with Crippen molar-refractivity contribution in [3.05, 3.63) is 65.9 Å². The average Bonchev–Trinajstić information content (AvgIpc) is 3.43. The highest BCUT2D eigenvalue weighted by atomic mass is 19.4. The Balaban J connectivity index is 1.53. The molecular weight excluding hydrogens is 437 g/mol. The lowest BCUT2D eigenvalue weighted by Gasteiger charge is -2.32. The molecule has 0 saturated heterocycles. The number of carbonyl (C=O) groups excluding carboxylic acids is 1. The predicted octanol–water partition coefficient (Wildman–Crippen LogP) is 4.54. The second kappa shape index (κ2) is 7.54. The van der Waals surface area contributed by atoms with Gasteiger partial charge in [-0.05, 0) is 37.6 Å². The number of aryl methyl sites for hydroxylation is 1. The van der Waals surface area contributed by atoms with E-state index in [0.29, 0.717) is 28.4 Å². The molecular formula is C22H17F3N6O2. The van der Waals surface area contributed by atoms with Gasteiger partial charge >= 0.3 is 6.18 Å². The minimum atomic E-state index is -4.46. The summed E-state index contributed by atoms with van der Waals surface area (Å²) in [6.45, 7) is 3.52. The van der Waals surface area contributed by atoms with Crippen LogP contribution in [0.2, 0.25) is 0 Å². The molecule has 168 valence electrons. The van der Waals surface area contributed by atoms with E-state index in [2.05, 4.69) is 20.2 Å². The Hall–Kier alpha value is -4.02. The number of rotatable bonds is 3. The van der Waals surface area contributed by atoms with Gasteiger partial charge in [-0.15, -0.1) is 0 Å². The van der Waals surface area contributed by atoms with E-state index in [9.17, 15) is 18.0 Å². The number of anilines is 1. The zero-order valence-electron chi connectivity index (χ0n) is 17.5. The van der Waals surface area contributed by atoms with Gasteiger partial charge in [0.05, 0.1) is 29.6 Å². The van der Waals surface area contributed by atoms with Crippen LogP contribution in [0.15, 0.2) is 53.6 Å². The minimum Gasteiger partial charge on any atom is -0.355 e. The SMILES string of the molecule is Cc1cc(N2C[C@H](C)n3ncc(-c4cc(-c5cnccn5)no4)c3C2=O)ccc1C(F)(F)F. The van der Waals surface area contributed by atoms with E-state index in [0.717, 1.165) is 6.07 Å². The first-order valence-electron chi connectivity index (χ1n) is 10.0. The fraction of sp³-hybridized carbons (Fsp3) is 0.227. The normalized spacial score (nSPS) is 16.2. The molecule has 0 bridgehead atoms. The van der Waals surface area contributed by atoms with Crippen LogP contribution >= 0.6 is 0 Å². The average molecular weight is 454 g/mol. The Kier molecular flexibility index (Phi) is 4.76. The number of halogens is 3. The van der Waals surface area contributed by atoms with E-state index in [-0.39, 0.29) is 23.8 Å². The molecule has 5 rings (SSSR count). The fourth-order valence-corrected chi connectivity index (χ4v) is 3.95. The van der Waals surface area contributed by atoms with Gasteiger partial charge in [0.1, 0.15) is 17.1 Å². The standard InChI is InChI=1S/C22H17F3N6O2/c1-12-7-14(3-4-16(12)22(23,24)25)30-11-13(2)31-20(21(30)32)15(9-28-31)19-8-17(29-33-19)18-10-26-5-6-27-18/h3-10,13H,11H2,1-2H3/t13-/m0/s1. The van der Waals surface area contributed by atoms with Gasteiger partial charge in [0, 0.05) is 30.7 Å². The molecule has 0 radical (unpaired) electrons. The molecule has 4 aromatic rings. The van der Waals surface area contributed by atoms with Crippen LogP contribution in [0.4, 0.5) is 18.9 Å². The highest BCUT2D eigenvalue weighted by molar-refractivity contribution is 6.09. The number of nitrogens with zero attached hydrogens (tertiary/aromatic N) is 6. The van der Waals surface area contributed by atoms with E-state index in [1.54, 1.807) is 10.7 Å². The first kappa shape index (κ1) is 20.9. The van der Waals surface area contributed by atoms with Crippen LogP contribution < -0.4 is 4.90 Å². The number of hydrogen-bond donors (Lipinski definition) is 0. The van der Waals surface area contributed by atoms with E-state index < -0.39 is 17.6 Å². The largest absolute Gasteiger partial charge is 0.416 e. The van der Waals surface area contributed by atoms with Crippen LogP contribution in [0.1, 0.15) is 34.6 Å². The summed E-state index contributed by atoms with van der Waals surface area (Å²) >= 11 is 0. The Bertz CT molecular complexity index is 1350. The van der Waals surface area contributed by atoms with E-state index >= 15 is 0 Å². The molecule has 1 aromatic carbocycles. The second-order valence-corrected chi connectivity index (χ2v) is 7.78. The Morgan fingerprint density at radius 3 is 2.64 bits per heavy atom. The summed E-state index contributed by atoms with van der Waals surface area (Å²) in [5.41, 5.74) is 1.36. The van der Waals surface area contributed by atoms with Crippen LogP contribution in [0, 0.1) is 6.92 Å². The van der Waals surface area contributed by atoms with Gasteiger partial charge in [0.2, 0.25) is 0 Å². The van der Waals surface area contributed by atoms with Crippen LogP contribution in [0.25, 0.3) is 22.7 Å². The molecule has 0 fully saturated rings. The molecule has 1 aliphatic rings. The molecule has 1 amide bonds. The van der Waals surface area contributed by atoms with Gasteiger partial charge in [-0.3, -0.25) is 19.4 Å². The lowest BCUT2D eigenvalue weighted by atomic mass is 10.0. The minimum absolute atomic E-state index is 0.0450. The van der Waals surface area contributed by atoms with E-state index in [1.807, 2.05) is 6.92 Å². The molecule has 0 spiro atoms. The van der Waals surface area contributed by atoms with Crippen molar-refractivity contribution < 1.29 is 22.5 Å². The summed E-state index contributed by atoms with van der Waals surface area (Å²) in [7, 11) is 0. The van der Waals surface area contributed by atoms with Crippen molar-refractivity contribution in [3.8, 4) is 22.7 Å². The number of alkyl halides is 3. The van der Waals surface area contributed by atoms with Gasteiger partial charge < -0.3 is 9.42 Å². The summed E-state index contributed by atoms with van der Waals surface area (Å²) < 4.78 is 46.5. The topological polar surface area (TPSA) is 89.9 Å². The monoisotopic (exact) mass is 454 g/mol. The second-order valence-electron chi connectivity index (χ2n) is 7.78. The third-order valence-electron chi connectivity index (χ3n) is 5.54. The molecule has 3 aromatic heterocycles. The van der Waals surface area contributed by atoms with Gasteiger partial charge in [-0.1, -0.05) is 5.16 Å². The molecule has 0 aliphatic carbocycles. The van der Waals surface area contributed by atoms with Crippen LogP contribution in [-0.2, 0) is 6.18 Å². The number of carbonyl (C=O) groups is 1. The van der Waals surface area contributed by atoms with Crippen molar-refractivity contribution in [2.75, 3.05) is 11.4 Å². The molecule has 33 heavy (non-hydrogen) atoms. The maximum absolute atomic E-state index is 13.4. The molecule has 8 nitrogen and oxygen atoms in total. The summed E-state index contributed by atoms with van der Waals surface area (Å²) in [6, 6.07) is 5.11. The molecule has 0 saturated carbocycles. The molecule has 4 heterocycles. The Morgan fingerprint density at radius 1 is 1.12 bits per heavy atom. The molecule has 0 N–H and O–H groups in total. The number of benzene rings is 1. The molecule has 11 heteroatoms. The third-order valence-corrected chi connectivity index (χ3v) is 5.54. The maximum Gasteiger partial charge on any atom is 0.416 e. The van der Waals surface area contributed by atoms with Crippen LogP contribution in [0.5, 0.6) is 0 Å². The first-order valence-corrected chi connectivity index (χ1v) is 10.0. The molecule has 1 aliphatic heterocycles. The van der Waals surface area contributed by atoms with Gasteiger partial charge in [0.15, 0.2) is 5.76 Å². The number of fused-ring (bicyclic) bond motifs is 1. The van der Waals surface area contributed by atoms with E-state index in [1.165, 1.54) is 48.7 Å². The molecule has 1 atom stereocenters. The summed E-state index contributed by atoms with van der Waals surface area (Å²) in [6.07, 6.45) is 1.67. The number of amides is 1. The summed E-state index contributed by atoms with van der Waals surface area (Å²) in [4.78, 5) is 23.1. The zero-order chi connectivity index (χ0) is 23.3. The van der Waals surface area contributed by atoms with Crippen molar-refractivity contribution in [3.63, 3.8) is 0 Å². The summed E-state index contributed by atoms with van der Waals surface area (Å²) in [5, 5.41) is 8.35. The third kappa shape index (κ3) is 3.55. The highest BCUT2D eigenvalue weighted by Crippen LogP contribution is 2.37. The smallest absolute Gasteiger partial charge is 0.355 e. The van der Waals surface area contributed by atoms with Crippen molar-refractivity contribution in [1.29, 1.82) is 0 Å². The van der Waals surface area contributed by atoms with Crippen molar-refractivity contribution in [2.24, 2.45) is 0 Å². The van der Waals surface area contributed by atoms with Crippen LogP contribution in [-0.4, -0.2) is 37.4 Å². The van der Waals surface area contributed by atoms with Crippen LogP contribution in [0.3, 0.4) is 0 Å². The van der Waals surface area contributed by atoms with Crippen molar-refractivity contribution >= 4 is 11.6 Å². The summed E-state index contributed by atoms with van der Waals surface area (Å²) in [5.74, 6) is -0.0693. The maximum atomic E-state index is 13.4. The number of hydrogen-bond acceptors (Lipinski definition) is 6. The Labute approximate surface area is 185 Å². The fourth-order valence-electron chi connectivity index (χ4n) is 3.95. The lowest BCUT2D eigenvalue weighted by Crippen LogP contribution is -2.42. The Morgan fingerprint density at radius 2 is 1.94 bits per heavy atom. The molecule has 0 unspecified atom stereocenters. The predicted molar refractivity (Wildman–Crippen MR) is 111 cm³/mol. The van der Waals surface area contributed by atoms with Crippen molar-refractivity contribution in [1.82, 2.24) is 24.9 Å². The van der Waals surface area contributed by atoms with Gasteiger partial charge in [0.25, 0.3) is 5.91 Å². The van der Waals surface area contributed by atoms with Crippen molar-refractivity contribution in [2.45, 2.75) is 26.1 Å². The highest BCUT2D eigenvalue weighted by Gasteiger charge is 2.36. The van der Waals surface area contributed by atoms with E-state index in [4.69, 9.17) is 4.52 Å². The number of aromatic nitrogens is 5. The van der Waals surface area contributed by atoms with Gasteiger partial charge in [-0.25, -0.2) is 0 Å². The zero-order valence-corrected chi connectivity index (χ0v) is 17.5. The lowest BCUT2D eigenvalue weighted by molar-refractivity contribution is -0.138. The quantitative estimate of drug-likeness (QED) is 0.451.